The third-order valence-electron chi connectivity index (χ3n) is 6.11. The number of alkyl halides is 6. The van der Waals surface area contributed by atoms with Crippen molar-refractivity contribution < 1.29 is 40.6 Å². The number of hydrogen-bond donors (Lipinski definition) is 0. The van der Waals surface area contributed by atoms with Crippen molar-refractivity contribution in [3.8, 4) is 22.6 Å². The van der Waals surface area contributed by atoms with Crippen LogP contribution in [0.5, 0.6) is 11.5 Å². The Hall–Kier alpha value is -3.40. The molecular formula is C27H25F6NO3. The summed E-state index contributed by atoms with van der Waals surface area (Å²) in [6.45, 7) is 1.06. The normalized spacial score (nSPS) is 15.9. The molecule has 198 valence electrons. The predicted molar refractivity (Wildman–Crippen MR) is 127 cm³/mol. The number of rotatable bonds is 8. The van der Waals surface area contributed by atoms with Gasteiger partial charge in [0.2, 0.25) is 0 Å². The van der Waals surface area contributed by atoms with Gasteiger partial charge in [0.25, 0.3) is 0 Å². The van der Waals surface area contributed by atoms with Crippen molar-refractivity contribution in [2.45, 2.75) is 38.0 Å². The Bertz CT molecular complexity index is 1210. The van der Waals surface area contributed by atoms with E-state index in [2.05, 4.69) is 14.4 Å². The molecule has 4 rings (SSSR count). The smallest absolute Gasteiger partial charge is 0.406 e. The summed E-state index contributed by atoms with van der Waals surface area (Å²) in [5.41, 5.74) is 3.84. The molecular weight excluding hydrogens is 500 g/mol. The highest BCUT2D eigenvalue weighted by atomic mass is 19.4. The molecule has 1 heterocycles. The summed E-state index contributed by atoms with van der Waals surface area (Å²) in [5, 5.41) is 0. The van der Waals surface area contributed by atoms with Crippen molar-refractivity contribution in [2.24, 2.45) is 0 Å². The lowest BCUT2D eigenvalue weighted by molar-refractivity contribution is -0.275. The van der Waals surface area contributed by atoms with Crippen LogP contribution in [0.4, 0.5) is 32.0 Å². The Balaban J connectivity index is 1.71. The monoisotopic (exact) mass is 525 g/mol. The van der Waals surface area contributed by atoms with Gasteiger partial charge >= 0.3 is 12.7 Å². The summed E-state index contributed by atoms with van der Waals surface area (Å²) in [6, 6.07) is 17.1. The number of hydrogen-bond acceptors (Lipinski definition) is 4. The maximum Gasteiger partial charge on any atom is 0.573 e. The summed E-state index contributed by atoms with van der Waals surface area (Å²) in [6.07, 6.45) is -7.76. The fourth-order valence-corrected chi connectivity index (χ4v) is 4.76. The highest BCUT2D eigenvalue weighted by Gasteiger charge is 2.33. The van der Waals surface area contributed by atoms with Crippen LogP contribution in [0.15, 0.2) is 66.7 Å². The van der Waals surface area contributed by atoms with Crippen LogP contribution in [0.1, 0.15) is 30.0 Å². The van der Waals surface area contributed by atoms with Gasteiger partial charge in [0.05, 0.1) is 6.04 Å². The molecule has 0 aromatic heterocycles. The lowest BCUT2D eigenvalue weighted by atomic mass is 9.86. The SMILES string of the molecule is COCCCN1c2cccc(-c3cccc(OC(F)(F)F)c3)c2CC[C@@H]1c1cccc(OC(F)(F)F)c1. The van der Waals surface area contributed by atoms with Gasteiger partial charge in [0.15, 0.2) is 0 Å². The highest BCUT2D eigenvalue weighted by Crippen LogP contribution is 2.44. The molecule has 0 spiro atoms. The van der Waals surface area contributed by atoms with Crippen LogP contribution in [0.2, 0.25) is 0 Å². The zero-order valence-corrected chi connectivity index (χ0v) is 19.9. The molecule has 37 heavy (non-hydrogen) atoms. The van der Waals surface area contributed by atoms with Crippen molar-refractivity contribution >= 4 is 5.69 Å². The summed E-state index contributed by atoms with van der Waals surface area (Å²) < 4.78 is 90.1. The largest absolute Gasteiger partial charge is 0.573 e. The number of methoxy groups -OCH3 is 1. The van der Waals surface area contributed by atoms with Crippen LogP contribution >= 0.6 is 0 Å². The summed E-state index contributed by atoms with van der Waals surface area (Å²) >= 11 is 0. The lowest BCUT2D eigenvalue weighted by Gasteiger charge is -2.40. The van der Waals surface area contributed by atoms with E-state index < -0.39 is 12.7 Å². The van der Waals surface area contributed by atoms with Crippen molar-refractivity contribution in [1.29, 1.82) is 0 Å². The third kappa shape index (κ3) is 6.88. The Kier molecular flexibility index (Phi) is 7.87. The fourth-order valence-electron chi connectivity index (χ4n) is 4.76. The molecule has 3 aromatic carbocycles. The van der Waals surface area contributed by atoms with Gasteiger partial charge < -0.3 is 19.1 Å². The molecule has 0 saturated heterocycles. The van der Waals surface area contributed by atoms with Crippen LogP contribution < -0.4 is 14.4 Å². The Labute approximate surface area is 210 Å². The van der Waals surface area contributed by atoms with Gasteiger partial charge in [-0.15, -0.1) is 26.3 Å². The van der Waals surface area contributed by atoms with E-state index in [0.717, 1.165) is 16.8 Å². The van der Waals surface area contributed by atoms with E-state index in [1.807, 2.05) is 18.2 Å². The first-order valence-corrected chi connectivity index (χ1v) is 11.6. The second kappa shape index (κ2) is 10.9. The molecule has 0 N–H and O–H groups in total. The van der Waals surface area contributed by atoms with Crippen molar-refractivity contribution in [2.75, 3.05) is 25.2 Å². The number of benzene rings is 3. The number of ether oxygens (including phenoxy) is 3. The number of halogens is 6. The first kappa shape index (κ1) is 26.7. The van der Waals surface area contributed by atoms with E-state index >= 15 is 0 Å². The van der Waals surface area contributed by atoms with E-state index in [1.54, 1.807) is 19.2 Å². The minimum absolute atomic E-state index is 0.226. The van der Waals surface area contributed by atoms with Gasteiger partial charge in [-0.25, -0.2) is 0 Å². The van der Waals surface area contributed by atoms with Crippen molar-refractivity contribution in [3.63, 3.8) is 0 Å². The van der Waals surface area contributed by atoms with Crippen molar-refractivity contribution in [1.82, 2.24) is 0 Å². The lowest BCUT2D eigenvalue weighted by Crippen LogP contribution is -2.34. The molecule has 3 aromatic rings. The summed E-state index contributed by atoms with van der Waals surface area (Å²) in [5.74, 6) is -0.599. The summed E-state index contributed by atoms with van der Waals surface area (Å²) in [4.78, 5) is 2.12. The molecule has 1 atom stereocenters. The fraction of sp³-hybridized carbons (Fsp3) is 0.333. The predicted octanol–water partition coefficient (Wildman–Crippen LogP) is 7.68. The van der Waals surface area contributed by atoms with Gasteiger partial charge in [-0.1, -0.05) is 36.4 Å². The van der Waals surface area contributed by atoms with E-state index in [9.17, 15) is 26.3 Å². The van der Waals surface area contributed by atoms with Gasteiger partial charge in [-0.2, -0.15) is 0 Å². The number of fused-ring (bicyclic) bond motifs is 1. The quantitative estimate of drug-likeness (QED) is 0.223. The zero-order chi connectivity index (χ0) is 26.6. The maximum absolute atomic E-state index is 12.8. The molecule has 0 aliphatic carbocycles. The Morgan fingerprint density at radius 3 is 2.16 bits per heavy atom. The third-order valence-corrected chi connectivity index (χ3v) is 6.11. The molecule has 4 nitrogen and oxygen atoms in total. The van der Waals surface area contributed by atoms with Gasteiger partial charge in [0, 0.05) is 25.9 Å². The average Bonchev–Trinajstić information content (AvgIpc) is 2.82. The van der Waals surface area contributed by atoms with Crippen LogP contribution in [0.25, 0.3) is 11.1 Å². The Morgan fingerprint density at radius 1 is 0.838 bits per heavy atom. The Morgan fingerprint density at radius 2 is 1.49 bits per heavy atom. The minimum Gasteiger partial charge on any atom is -0.406 e. The standard InChI is InChI=1S/C27H25F6NO3/c1-35-15-5-14-34-24(19-7-3-9-21(17-19)37-27(31,32)33)13-12-23-22(10-4-11-25(23)34)18-6-2-8-20(16-18)36-26(28,29)30/h2-4,6-11,16-17,24H,5,12-15H2,1H3/t24-/m1/s1. The van der Waals surface area contributed by atoms with E-state index in [1.165, 1.54) is 36.4 Å². The molecule has 0 radical (unpaired) electrons. The van der Waals surface area contributed by atoms with Gasteiger partial charge in [-0.05, 0) is 71.8 Å². The van der Waals surface area contributed by atoms with E-state index in [0.29, 0.717) is 43.5 Å². The molecule has 0 bridgehead atoms. The molecule has 1 aliphatic rings. The van der Waals surface area contributed by atoms with Crippen LogP contribution in [-0.2, 0) is 11.2 Å². The second-order valence-electron chi connectivity index (χ2n) is 8.59. The first-order valence-electron chi connectivity index (χ1n) is 11.6. The topological polar surface area (TPSA) is 30.9 Å². The van der Waals surface area contributed by atoms with Crippen LogP contribution in [0.3, 0.4) is 0 Å². The maximum atomic E-state index is 12.8. The molecule has 1 aliphatic heterocycles. The van der Waals surface area contributed by atoms with Gasteiger partial charge in [-0.3, -0.25) is 0 Å². The molecule has 10 heteroatoms. The number of anilines is 1. The van der Waals surface area contributed by atoms with Crippen LogP contribution in [-0.4, -0.2) is 33.0 Å². The van der Waals surface area contributed by atoms with Crippen molar-refractivity contribution in [3.05, 3.63) is 77.9 Å². The average molecular weight is 525 g/mol. The van der Waals surface area contributed by atoms with E-state index in [-0.39, 0.29) is 17.5 Å². The number of nitrogens with zero attached hydrogens (tertiary/aromatic N) is 1. The molecule has 0 unspecified atom stereocenters. The first-order chi connectivity index (χ1) is 17.5. The highest BCUT2D eigenvalue weighted by molar-refractivity contribution is 5.76. The molecule has 0 amide bonds. The zero-order valence-electron chi connectivity index (χ0n) is 19.9. The van der Waals surface area contributed by atoms with Crippen LogP contribution in [0, 0.1) is 0 Å². The van der Waals surface area contributed by atoms with E-state index in [4.69, 9.17) is 4.74 Å². The minimum atomic E-state index is -4.80. The van der Waals surface area contributed by atoms with Gasteiger partial charge in [0.1, 0.15) is 11.5 Å². The second-order valence-corrected chi connectivity index (χ2v) is 8.59. The summed E-state index contributed by atoms with van der Waals surface area (Å²) in [7, 11) is 1.59. The molecule has 0 fully saturated rings. The molecule has 0 saturated carbocycles.